The molecule has 7 heteroatoms. The van der Waals surface area contributed by atoms with Gasteiger partial charge in [0, 0.05) is 5.56 Å². The summed E-state index contributed by atoms with van der Waals surface area (Å²) < 4.78 is 3.49. The summed E-state index contributed by atoms with van der Waals surface area (Å²) in [6.07, 6.45) is 0. The molecule has 5 aromatic rings. The van der Waals surface area contributed by atoms with Crippen molar-refractivity contribution in [3.8, 4) is 5.69 Å². The monoisotopic (exact) mass is 468 g/mol. The van der Waals surface area contributed by atoms with Gasteiger partial charge in [-0.25, -0.2) is 4.57 Å². The summed E-state index contributed by atoms with van der Waals surface area (Å²) in [7, 11) is 0. The van der Waals surface area contributed by atoms with Gasteiger partial charge in [0.1, 0.15) is 0 Å². The molecule has 34 heavy (non-hydrogen) atoms. The zero-order valence-electron chi connectivity index (χ0n) is 19.5. The normalized spacial score (nSPS) is 11.4. The molecular formula is C27H24N4O2S. The Bertz CT molecular complexity index is 1650. The van der Waals surface area contributed by atoms with E-state index in [-0.39, 0.29) is 17.1 Å². The first-order chi connectivity index (χ1) is 16.4. The Hall–Kier alpha value is -3.71. The van der Waals surface area contributed by atoms with Crippen molar-refractivity contribution in [2.24, 2.45) is 0 Å². The third kappa shape index (κ3) is 3.62. The molecule has 170 valence electrons. The van der Waals surface area contributed by atoms with Gasteiger partial charge in [0.2, 0.25) is 5.78 Å². The molecule has 0 unspecified atom stereocenters. The zero-order chi connectivity index (χ0) is 24.0. The third-order valence-corrected chi connectivity index (χ3v) is 7.17. The molecule has 3 aromatic carbocycles. The van der Waals surface area contributed by atoms with Gasteiger partial charge >= 0.3 is 0 Å². The molecule has 0 amide bonds. The van der Waals surface area contributed by atoms with Crippen molar-refractivity contribution in [2.75, 3.05) is 5.75 Å². The number of hydrogen-bond acceptors (Lipinski definition) is 5. The van der Waals surface area contributed by atoms with Crippen LogP contribution in [0.2, 0.25) is 0 Å². The van der Waals surface area contributed by atoms with Crippen LogP contribution in [0.1, 0.15) is 32.6 Å². The topological polar surface area (TPSA) is 69.3 Å². The predicted octanol–water partition coefficient (Wildman–Crippen LogP) is 5.24. The molecule has 2 heterocycles. The van der Waals surface area contributed by atoms with Crippen LogP contribution in [-0.2, 0) is 0 Å². The lowest BCUT2D eigenvalue weighted by atomic mass is 10.0. The summed E-state index contributed by atoms with van der Waals surface area (Å²) in [5, 5.41) is 9.94. The van der Waals surface area contributed by atoms with Crippen LogP contribution < -0.4 is 5.56 Å². The summed E-state index contributed by atoms with van der Waals surface area (Å²) >= 11 is 1.33. The van der Waals surface area contributed by atoms with Crippen molar-refractivity contribution in [2.45, 2.75) is 32.9 Å². The quantitative estimate of drug-likeness (QED) is 0.261. The first kappa shape index (κ1) is 22.1. The maximum atomic E-state index is 13.6. The van der Waals surface area contributed by atoms with Crippen molar-refractivity contribution in [1.29, 1.82) is 0 Å². The van der Waals surface area contributed by atoms with Crippen molar-refractivity contribution in [3.05, 3.63) is 98.8 Å². The van der Waals surface area contributed by atoms with Gasteiger partial charge in [0.15, 0.2) is 10.9 Å². The number of benzene rings is 3. The molecule has 0 radical (unpaired) electrons. The van der Waals surface area contributed by atoms with Gasteiger partial charge in [0.05, 0.1) is 22.3 Å². The Balaban J connectivity index is 1.66. The number of fused-ring (bicyclic) bond motifs is 3. The predicted molar refractivity (Wildman–Crippen MR) is 137 cm³/mol. The largest absolute Gasteiger partial charge is 0.293 e. The molecule has 0 saturated heterocycles. The van der Waals surface area contributed by atoms with Crippen LogP contribution in [-0.4, -0.2) is 30.7 Å². The van der Waals surface area contributed by atoms with Gasteiger partial charge in [-0.15, -0.1) is 10.2 Å². The number of aryl methyl sites for hydroxylation is 3. The smallest absolute Gasteiger partial charge is 0.267 e. The van der Waals surface area contributed by atoms with Gasteiger partial charge in [-0.2, -0.15) is 0 Å². The fraction of sp³-hybridized carbons (Fsp3) is 0.185. The van der Waals surface area contributed by atoms with E-state index in [4.69, 9.17) is 0 Å². The Kier molecular flexibility index (Phi) is 5.57. The van der Waals surface area contributed by atoms with E-state index in [0.29, 0.717) is 16.3 Å². The van der Waals surface area contributed by atoms with Crippen LogP contribution in [0, 0.1) is 27.7 Å². The van der Waals surface area contributed by atoms with Gasteiger partial charge in [-0.1, -0.05) is 53.7 Å². The van der Waals surface area contributed by atoms with Crippen LogP contribution in [0.4, 0.5) is 0 Å². The number of carbonyl (C=O) groups excluding carboxylic acids is 1. The fourth-order valence-corrected chi connectivity index (χ4v) is 5.03. The molecule has 0 atom stereocenters. The standard InChI is InChI=1S/C27H24N4O2S/c1-16-12-13-18(3)21(14-16)24(32)15-34-27-29-28-26-30(22-11-7-8-17(2)19(22)4)25(33)20-9-5-6-10-23(20)31(26)27/h5-14H,15H2,1-4H3. The van der Waals surface area contributed by atoms with E-state index < -0.39 is 0 Å². The summed E-state index contributed by atoms with van der Waals surface area (Å²) in [5.41, 5.74) is 6.16. The Labute approximate surface area is 201 Å². The van der Waals surface area contributed by atoms with Crippen LogP contribution in [0.5, 0.6) is 0 Å². The molecule has 0 bridgehead atoms. The molecule has 0 fully saturated rings. The molecule has 0 spiro atoms. The second-order valence-electron chi connectivity index (χ2n) is 8.52. The number of aromatic nitrogens is 4. The minimum atomic E-state index is -0.146. The highest BCUT2D eigenvalue weighted by Crippen LogP contribution is 2.26. The third-order valence-electron chi connectivity index (χ3n) is 6.24. The number of rotatable bonds is 5. The molecule has 6 nitrogen and oxygen atoms in total. The first-order valence-corrected chi connectivity index (χ1v) is 12.0. The average molecular weight is 469 g/mol. The summed E-state index contributed by atoms with van der Waals surface area (Å²) in [6.45, 7) is 7.94. The Morgan fingerprint density at radius 2 is 1.71 bits per heavy atom. The van der Waals surface area contributed by atoms with Gasteiger partial charge in [0.25, 0.3) is 5.56 Å². The van der Waals surface area contributed by atoms with E-state index in [0.717, 1.165) is 39.0 Å². The van der Waals surface area contributed by atoms with Crippen LogP contribution in [0.3, 0.4) is 0 Å². The Morgan fingerprint density at radius 1 is 0.912 bits per heavy atom. The molecule has 0 saturated carbocycles. The van der Waals surface area contributed by atoms with E-state index in [9.17, 15) is 9.59 Å². The number of thioether (sulfide) groups is 1. The van der Waals surface area contributed by atoms with E-state index in [1.165, 1.54) is 11.8 Å². The highest BCUT2D eigenvalue weighted by atomic mass is 32.2. The van der Waals surface area contributed by atoms with Gasteiger partial charge in [-0.3, -0.25) is 14.0 Å². The molecular weight excluding hydrogens is 444 g/mol. The lowest BCUT2D eigenvalue weighted by Gasteiger charge is -2.14. The number of Topliss-reactive ketones (excluding diaryl/α,β-unsaturated/α-hetero) is 1. The zero-order valence-corrected chi connectivity index (χ0v) is 20.3. The summed E-state index contributed by atoms with van der Waals surface area (Å²) in [4.78, 5) is 26.6. The first-order valence-electron chi connectivity index (χ1n) is 11.1. The number of hydrogen-bond donors (Lipinski definition) is 0. The molecule has 5 rings (SSSR count). The molecule has 0 aliphatic heterocycles. The second-order valence-corrected chi connectivity index (χ2v) is 9.47. The number of nitrogens with zero attached hydrogens (tertiary/aromatic N) is 4. The fourth-order valence-electron chi connectivity index (χ4n) is 4.21. The van der Waals surface area contributed by atoms with Gasteiger partial charge < -0.3 is 0 Å². The Morgan fingerprint density at radius 3 is 2.53 bits per heavy atom. The lowest BCUT2D eigenvalue weighted by Crippen LogP contribution is -2.22. The highest BCUT2D eigenvalue weighted by Gasteiger charge is 2.20. The molecule has 2 aromatic heterocycles. The second kappa shape index (κ2) is 8.57. The molecule has 0 aliphatic carbocycles. The van der Waals surface area contributed by atoms with E-state index in [1.54, 1.807) is 4.57 Å². The summed E-state index contributed by atoms with van der Waals surface area (Å²) in [5.74, 6) is 0.691. The maximum absolute atomic E-state index is 13.6. The number of ketones is 1. The van der Waals surface area contributed by atoms with Crippen LogP contribution in [0.15, 0.2) is 70.6 Å². The summed E-state index contributed by atoms with van der Waals surface area (Å²) in [6, 6.07) is 19.2. The van der Waals surface area contributed by atoms with E-state index in [2.05, 4.69) is 10.2 Å². The van der Waals surface area contributed by atoms with Crippen molar-refractivity contribution >= 4 is 34.2 Å². The van der Waals surface area contributed by atoms with Crippen LogP contribution in [0.25, 0.3) is 22.4 Å². The molecule has 0 aliphatic rings. The SMILES string of the molecule is Cc1ccc(C)c(C(=O)CSc2nnc3n(-c4cccc(C)c4C)c(=O)c4ccccc4n23)c1. The van der Waals surface area contributed by atoms with Crippen LogP contribution >= 0.6 is 11.8 Å². The van der Waals surface area contributed by atoms with Crippen molar-refractivity contribution in [1.82, 2.24) is 19.2 Å². The van der Waals surface area contributed by atoms with Gasteiger partial charge in [-0.05, 0) is 68.7 Å². The maximum Gasteiger partial charge on any atom is 0.267 e. The lowest BCUT2D eigenvalue weighted by molar-refractivity contribution is 0.102. The highest BCUT2D eigenvalue weighted by molar-refractivity contribution is 7.99. The van der Waals surface area contributed by atoms with E-state index >= 15 is 0 Å². The number of para-hydroxylation sites is 1. The van der Waals surface area contributed by atoms with E-state index in [1.807, 2.05) is 92.8 Å². The minimum Gasteiger partial charge on any atom is -0.293 e. The average Bonchev–Trinajstić information content (AvgIpc) is 3.25. The number of carbonyl (C=O) groups is 1. The minimum absolute atomic E-state index is 0.0371. The molecule has 0 N–H and O–H groups in total. The van der Waals surface area contributed by atoms with Crippen molar-refractivity contribution < 1.29 is 4.79 Å². The van der Waals surface area contributed by atoms with Crippen molar-refractivity contribution in [3.63, 3.8) is 0 Å².